The summed E-state index contributed by atoms with van der Waals surface area (Å²) in [6.07, 6.45) is 3.88. The average molecular weight is 235 g/mol. The Morgan fingerprint density at radius 3 is 3.31 bits per heavy atom. The van der Waals surface area contributed by atoms with Gasteiger partial charge in [0.15, 0.2) is 0 Å². The number of nitrogens with zero attached hydrogens (tertiary/aromatic N) is 2. The minimum absolute atomic E-state index is 0.381. The zero-order valence-electron chi connectivity index (χ0n) is 8.85. The summed E-state index contributed by atoms with van der Waals surface area (Å²) >= 11 is 1.64. The van der Waals surface area contributed by atoms with Crippen LogP contribution in [-0.2, 0) is 4.74 Å². The largest absolute Gasteiger partial charge is 0.379 e. The Bertz CT molecular complexity index is 479. The summed E-state index contributed by atoms with van der Waals surface area (Å²) in [5.74, 6) is 0.932. The van der Waals surface area contributed by atoms with E-state index in [4.69, 9.17) is 4.74 Å². The zero-order valence-corrected chi connectivity index (χ0v) is 9.67. The Balaban J connectivity index is 1.85. The lowest BCUT2D eigenvalue weighted by Gasteiger charge is -2.23. The Morgan fingerprint density at radius 2 is 2.44 bits per heavy atom. The number of hydrogen-bond donors (Lipinski definition) is 1. The van der Waals surface area contributed by atoms with Crippen LogP contribution in [0, 0.1) is 0 Å². The molecule has 1 aliphatic rings. The molecule has 2 aromatic heterocycles. The first kappa shape index (κ1) is 9.99. The van der Waals surface area contributed by atoms with Crippen molar-refractivity contribution in [3.63, 3.8) is 0 Å². The lowest BCUT2D eigenvalue weighted by Crippen LogP contribution is -2.30. The van der Waals surface area contributed by atoms with E-state index in [0.717, 1.165) is 42.1 Å². The summed E-state index contributed by atoms with van der Waals surface area (Å²) < 4.78 is 5.44. The van der Waals surface area contributed by atoms with Crippen molar-refractivity contribution >= 4 is 27.4 Å². The first-order valence-corrected chi connectivity index (χ1v) is 6.34. The van der Waals surface area contributed by atoms with Crippen LogP contribution in [0.2, 0.25) is 0 Å². The predicted octanol–water partition coefficient (Wildman–Crippen LogP) is 2.28. The highest BCUT2D eigenvalue weighted by Gasteiger charge is 2.15. The molecular weight excluding hydrogens is 222 g/mol. The molecule has 16 heavy (non-hydrogen) atoms. The molecule has 0 saturated carbocycles. The van der Waals surface area contributed by atoms with Gasteiger partial charge in [-0.15, -0.1) is 11.3 Å². The summed E-state index contributed by atoms with van der Waals surface area (Å²) in [5, 5.41) is 6.59. The molecule has 84 valence electrons. The SMILES string of the molecule is c1nc(NC2CCCOC2)c2ccsc2n1. The Labute approximate surface area is 97.7 Å². The van der Waals surface area contributed by atoms with Crippen molar-refractivity contribution in [3.8, 4) is 0 Å². The maximum Gasteiger partial charge on any atom is 0.138 e. The highest BCUT2D eigenvalue weighted by molar-refractivity contribution is 7.16. The zero-order chi connectivity index (χ0) is 10.8. The van der Waals surface area contributed by atoms with Gasteiger partial charge < -0.3 is 10.1 Å². The van der Waals surface area contributed by atoms with Crippen LogP contribution in [0.1, 0.15) is 12.8 Å². The van der Waals surface area contributed by atoms with E-state index in [1.54, 1.807) is 17.7 Å². The summed E-state index contributed by atoms with van der Waals surface area (Å²) in [7, 11) is 0. The standard InChI is InChI=1S/C11H13N3OS/c1-2-8(6-15-4-1)14-10-9-3-5-16-11(9)13-7-12-10/h3,5,7-8H,1-2,4,6H2,(H,12,13,14). The van der Waals surface area contributed by atoms with Crippen molar-refractivity contribution in [2.24, 2.45) is 0 Å². The van der Waals surface area contributed by atoms with E-state index >= 15 is 0 Å². The molecule has 0 spiro atoms. The average Bonchev–Trinajstić information content (AvgIpc) is 2.80. The quantitative estimate of drug-likeness (QED) is 0.867. The molecule has 0 bridgehead atoms. The molecule has 0 amide bonds. The van der Waals surface area contributed by atoms with Crippen molar-refractivity contribution in [1.82, 2.24) is 9.97 Å². The van der Waals surface area contributed by atoms with Gasteiger partial charge >= 0.3 is 0 Å². The third-order valence-electron chi connectivity index (χ3n) is 2.76. The second kappa shape index (κ2) is 4.35. The molecule has 1 atom stereocenters. The molecule has 1 unspecified atom stereocenters. The topological polar surface area (TPSA) is 47.0 Å². The summed E-state index contributed by atoms with van der Waals surface area (Å²) in [6.45, 7) is 1.66. The normalized spacial score (nSPS) is 21.1. The lowest BCUT2D eigenvalue weighted by molar-refractivity contribution is 0.0875. The third kappa shape index (κ3) is 1.88. The molecule has 3 rings (SSSR count). The number of hydrogen-bond acceptors (Lipinski definition) is 5. The van der Waals surface area contributed by atoms with Crippen LogP contribution < -0.4 is 5.32 Å². The molecule has 0 radical (unpaired) electrons. The van der Waals surface area contributed by atoms with Gasteiger partial charge in [0.05, 0.1) is 18.0 Å². The fraction of sp³-hybridized carbons (Fsp3) is 0.455. The van der Waals surface area contributed by atoms with Crippen molar-refractivity contribution in [2.45, 2.75) is 18.9 Å². The minimum Gasteiger partial charge on any atom is -0.379 e. The predicted molar refractivity (Wildman–Crippen MR) is 64.9 cm³/mol. The second-order valence-corrected chi connectivity index (χ2v) is 4.81. The molecule has 0 aromatic carbocycles. The van der Waals surface area contributed by atoms with Gasteiger partial charge in [-0.05, 0) is 24.3 Å². The molecule has 1 saturated heterocycles. The van der Waals surface area contributed by atoms with Gasteiger partial charge in [-0.3, -0.25) is 0 Å². The molecular formula is C11H13N3OS. The molecule has 1 fully saturated rings. The molecule has 5 heteroatoms. The summed E-state index contributed by atoms with van der Waals surface area (Å²) in [4.78, 5) is 9.57. The van der Waals surface area contributed by atoms with Crippen LogP contribution in [0.15, 0.2) is 17.8 Å². The van der Waals surface area contributed by atoms with Gasteiger partial charge in [-0.25, -0.2) is 9.97 Å². The van der Waals surface area contributed by atoms with E-state index in [-0.39, 0.29) is 0 Å². The maximum atomic E-state index is 5.44. The molecule has 4 nitrogen and oxygen atoms in total. The van der Waals surface area contributed by atoms with Crippen LogP contribution in [0.25, 0.3) is 10.2 Å². The van der Waals surface area contributed by atoms with Crippen molar-refractivity contribution < 1.29 is 4.74 Å². The molecule has 1 aliphatic heterocycles. The van der Waals surface area contributed by atoms with Gasteiger partial charge in [0, 0.05) is 6.61 Å². The highest BCUT2D eigenvalue weighted by atomic mass is 32.1. The van der Waals surface area contributed by atoms with E-state index in [9.17, 15) is 0 Å². The number of thiophene rings is 1. The third-order valence-corrected chi connectivity index (χ3v) is 3.58. The van der Waals surface area contributed by atoms with E-state index in [1.165, 1.54) is 0 Å². The number of fused-ring (bicyclic) bond motifs is 1. The van der Waals surface area contributed by atoms with Crippen LogP contribution in [0.3, 0.4) is 0 Å². The number of anilines is 1. The number of nitrogens with one attached hydrogen (secondary N) is 1. The number of ether oxygens (including phenoxy) is 1. The molecule has 3 heterocycles. The first-order valence-electron chi connectivity index (χ1n) is 5.46. The summed E-state index contributed by atoms with van der Waals surface area (Å²) in [5.41, 5.74) is 0. The van der Waals surface area contributed by atoms with E-state index in [2.05, 4.69) is 21.4 Å². The van der Waals surface area contributed by atoms with Crippen molar-refractivity contribution in [2.75, 3.05) is 18.5 Å². The van der Waals surface area contributed by atoms with Gasteiger partial charge in [0.1, 0.15) is 17.0 Å². The van der Waals surface area contributed by atoms with Crippen molar-refractivity contribution in [3.05, 3.63) is 17.8 Å². The number of rotatable bonds is 2. The van der Waals surface area contributed by atoms with Crippen LogP contribution in [-0.4, -0.2) is 29.2 Å². The Kier molecular flexibility index (Phi) is 2.71. The fourth-order valence-corrected chi connectivity index (χ4v) is 2.69. The van der Waals surface area contributed by atoms with Gasteiger partial charge in [-0.1, -0.05) is 0 Å². The molecule has 2 aromatic rings. The maximum absolute atomic E-state index is 5.44. The van der Waals surface area contributed by atoms with E-state index in [0.29, 0.717) is 6.04 Å². The fourth-order valence-electron chi connectivity index (χ4n) is 1.95. The van der Waals surface area contributed by atoms with Crippen LogP contribution in [0.5, 0.6) is 0 Å². The molecule has 0 aliphatic carbocycles. The van der Waals surface area contributed by atoms with Crippen LogP contribution >= 0.6 is 11.3 Å². The Hall–Kier alpha value is -1.20. The van der Waals surface area contributed by atoms with Gasteiger partial charge in [-0.2, -0.15) is 0 Å². The highest BCUT2D eigenvalue weighted by Crippen LogP contribution is 2.25. The number of aromatic nitrogens is 2. The first-order chi connectivity index (χ1) is 7.93. The Morgan fingerprint density at radius 1 is 1.44 bits per heavy atom. The lowest BCUT2D eigenvalue weighted by atomic mass is 10.1. The van der Waals surface area contributed by atoms with Gasteiger partial charge in [0.2, 0.25) is 0 Å². The van der Waals surface area contributed by atoms with E-state index in [1.807, 2.05) is 5.38 Å². The second-order valence-electron chi connectivity index (χ2n) is 3.92. The van der Waals surface area contributed by atoms with E-state index < -0.39 is 0 Å². The molecule has 1 N–H and O–H groups in total. The monoisotopic (exact) mass is 235 g/mol. The minimum atomic E-state index is 0.381. The van der Waals surface area contributed by atoms with Crippen LogP contribution in [0.4, 0.5) is 5.82 Å². The van der Waals surface area contributed by atoms with Crippen molar-refractivity contribution in [1.29, 1.82) is 0 Å². The van der Waals surface area contributed by atoms with Gasteiger partial charge in [0.25, 0.3) is 0 Å². The summed E-state index contributed by atoms with van der Waals surface area (Å²) in [6, 6.07) is 2.44. The smallest absolute Gasteiger partial charge is 0.138 e.